The van der Waals surface area contributed by atoms with E-state index in [9.17, 15) is 0 Å². The largest absolute Gasteiger partial charge is 0.384 e. The van der Waals surface area contributed by atoms with Crippen molar-refractivity contribution in [2.45, 2.75) is 31.7 Å². The average molecular weight is 178 g/mol. The van der Waals surface area contributed by atoms with Gasteiger partial charge in [-0.25, -0.2) is 9.97 Å². The van der Waals surface area contributed by atoms with Crippen LogP contribution in [-0.4, -0.2) is 16.0 Å². The normalized spacial score (nSPS) is 17.5. The van der Waals surface area contributed by atoms with E-state index in [4.69, 9.17) is 5.73 Å². The monoisotopic (exact) mass is 178 g/mol. The van der Waals surface area contributed by atoms with Gasteiger partial charge in [-0.3, -0.25) is 0 Å². The summed E-state index contributed by atoms with van der Waals surface area (Å²) < 4.78 is 0. The predicted molar refractivity (Wildman–Crippen MR) is 52.3 cm³/mol. The molecule has 1 saturated carbocycles. The molecule has 1 aliphatic carbocycles. The first-order chi connectivity index (χ1) is 6.34. The molecule has 1 aromatic heterocycles. The zero-order valence-electron chi connectivity index (χ0n) is 7.53. The van der Waals surface area contributed by atoms with Crippen LogP contribution in [0.2, 0.25) is 0 Å². The molecule has 0 atom stereocenters. The third kappa shape index (κ3) is 2.08. The first-order valence-electron chi connectivity index (χ1n) is 4.68. The van der Waals surface area contributed by atoms with Crippen LogP contribution >= 0.6 is 0 Å². The Labute approximate surface area is 77.6 Å². The van der Waals surface area contributed by atoms with Crippen LogP contribution in [0.5, 0.6) is 0 Å². The molecule has 4 heteroatoms. The van der Waals surface area contributed by atoms with Gasteiger partial charge >= 0.3 is 0 Å². The molecule has 4 nitrogen and oxygen atoms in total. The highest BCUT2D eigenvalue weighted by Gasteiger charge is 2.14. The molecule has 1 aliphatic rings. The third-order valence-corrected chi connectivity index (χ3v) is 2.40. The van der Waals surface area contributed by atoms with Crippen molar-refractivity contribution in [2.24, 2.45) is 0 Å². The van der Waals surface area contributed by atoms with Crippen molar-refractivity contribution < 1.29 is 0 Å². The second-order valence-electron chi connectivity index (χ2n) is 3.45. The molecule has 0 radical (unpaired) electrons. The SMILES string of the molecule is Nc1cc(NC2CCCC2)ncn1. The Morgan fingerprint density at radius 1 is 1.31 bits per heavy atom. The van der Waals surface area contributed by atoms with E-state index < -0.39 is 0 Å². The Morgan fingerprint density at radius 3 is 2.77 bits per heavy atom. The maximum Gasteiger partial charge on any atom is 0.131 e. The molecular weight excluding hydrogens is 164 g/mol. The summed E-state index contributed by atoms with van der Waals surface area (Å²) in [6.07, 6.45) is 6.61. The molecule has 1 aromatic rings. The molecular formula is C9H14N4. The Balaban J connectivity index is 2.00. The summed E-state index contributed by atoms with van der Waals surface area (Å²) in [5.41, 5.74) is 5.54. The summed E-state index contributed by atoms with van der Waals surface area (Å²) in [5.74, 6) is 1.37. The maximum atomic E-state index is 5.54. The number of anilines is 2. The fraction of sp³-hybridized carbons (Fsp3) is 0.556. The number of rotatable bonds is 2. The predicted octanol–water partition coefficient (Wildman–Crippen LogP) is 1.41. The van der Waals surface area contributed by atoms with E-state index in [1.165, 1.54) is 32.0 Å². The van der Waals surface area contributed by atoms with Gasteiger partial charge in [0.1, 0.15) is 18.0 Å². The van der Waals surface area contributed by atoms with Gasteiger partial charge in [0.05, 0.1) is 0 Å². The molecule has 0 saturated heterocycles. The van der Waals surface area contributed by atoms with E-state index >= 15 is 0 Å². The lowest BCUT2D eigenvalue weighted by Crippen LogP contribution is -2.15. The third-order valence-electron chi connectivity index (χ3n) is 2.40. The first kappa shape index (κ1) is 8.29. The van der Waals surface area contributed by atoms with Gasteiger partial charge in [-0.2, -0.15) is 0 Å². The number of nitrogen functional groups attached to an aromatic ring is 1. The second-order valence-corrected chi connectivity index (χ2v) is 3.45. The smallest absolute Gasteiger partial charge is 0.131 e. The Morgan fingerprint density at radius 2 is 2.08 bits per heavy atom. The highest BCUT2D eigenvalue weighted by Crippen LogP contribution is 2.21. The van der Waals surface area contributed by atoms with E-state index in [0.29, 0.717) is 11.9 Å². The molecule has 0 bridgehead atoms. The Kier molecular flexibility index (Phi) is 2.29. The minimum Gasteiger partial charge on any atom is -0.384 e. The molecule has 1 heterocycles. The number of nitrogens with two attached hydrogens (primary N) is 1. The van der Waals surface area contributed by atoms with Crippen molar-refractivity contribution >= 4 is 11.6 Å². The lowest BCUT2D eigenvalue weighted by atomic mass is 10.2. The number of nitrogens with one attached hydrogen (secondary N) is 1. The van der Waals surface area contributed by atoms with Crippen molar-refractivity contribution in [1.29, 1.82) is 0 Å². The minimum atomic E-state index is 0.524. The molecule has 1 fully saturated rings. The molecule has 0 aromatic carbocycles. The average Bonchev–Trinajstić information content (AvgIpc) is 2.57. The summed E-state index contributed by atoms with van der Waals surface area (Å²) in [5, 5.41) is 3.35. The van der Waals surface area contributed by atoms with Crippen molar-refractivity contribution in [2.75, 3.05) is 11.1 Å². The van der Waals surface area contributed by atoms with Gasteiger partial charge in [-0.15, -0.1) is 0 Å². The topological polar surface area (TPSA) is 63.8 Å². The molecule has 3 N–H and O–H groups in total. The molecule has 0 aliphatic heterocycles. The number of hydrogen-bond donors (Lipinski definition) is 2. The summed E-state index contributed by atoms with van der Waals surface area (Å²) in [6, 6.07) is 2.35. The second kappa shape index (κ2) is 3.60. The van der Waals surface area contributed by atoms with E-state index in [-0.39, 0.29) is 0 Å². The van der Waals surface area contributed by atoms with Crippen LogP contribution in [0.3, 0.4) is 0 Å². The van der Waals surface area contributed by atoms with Crippen molar-refractivity contribution in [1.82, 2.24) is 9.97 Å². The van der Waals surface area contributed by atoms with Crippen LogP contribution in [0, 0.1) is 0 Å². The van der Waals surface area contributed by atoms with Crippen molar-refractivity contribution in [3.8, 4) is 0 Å². The molecule has 0 unspecified atom stereocenters. The van der Waals surface area contributed by atoms with Gasteiger partial charge in [-0.1, -0.05) is 12.8 Å². The zero-order chi connectivity index (χ0) is 9.10. The van der Waals surface area contributed by atoms with Gasteiger partial charge in [0.2, 0.25) is 0 Å². The Hall–Kier alpha value is -1.32. The molecule has 2 rings (SSSR count). The van der Waals surface area contributed by atoms with Gasteiger partial charge in [0.15, 0.2) is 0 Å². The molecule has 13 heavy (non-hydrogen) atoms. The van der Waals surface area contributed by atoms with Gasteiger partial charge in [0.25, 0.3) is 0 Å². The summed E-state index contributed by atoms with van der Waals surface area (Å²) >= 11 is 0. The van der Waals surface area contributed by atoms with Gasteiger partial charge < -0.3 is 11.1 Å². The van der Waals surface area contributed by atoms with E-state index in [1.807, 2.05) is 0 Å². The molecule has 0 spiro atoms. The van der Waals surface area contributed by atoms with Crippen LogP contribution < -0.4 is 11.1 Å². The highest BCUT2D eigenvalue weighted by atomic mass is 15.0. The number of aromatic nitrogens is 2. The number of nitrogens with zero attached hydrogens (tertiary/aromatic N) is 2. The van der Waals surface area contributed by atoms with Crippen LogP contribution in [0.1, 0.15) is 25.7 Å². The Bertz CT molecular complexity index is 281. The summed E-state index contributed by atoms with van der Waals surface area (Å²) in [7, 11) is 0. The zero-order valence-corrected chi connectivity index (χ0v) is 7.53. The standard InChI is InChI=1S/C9H14N4/c10-8-5-9(12-6-11-8)13-7-3-1-2-4-7/h5-7H,1-4H2,(H3,10,11,12,13). The van der Waals surface area contributed by atoms with Crippen molar-refractivity contribution in [3.05, 3.63) is 12.4 Å². The van der Waals surface area contributed by atoms with Crippen LogP contribution in [0.4, 0.5) is 11.6 Å². The summed E-state index contributed by atoms with van der Waals surface area (Å²) in [4.78, 5) is 7.94. The lowest BCUT2D eigenvalue weighted by molar-refractivity contribution is 0.750. The van der Waals surface area contributed by atoms with Crippen LogP contribution in [0.15, 0.2) is 12.4 Å². The van der Waals surface area contributed by atoms with Gasteiger partial charge in [-0.05, 0) is 12.8 Å². The lowest BCUT2D eigenvalue weighted by Gasteiger charge is -2.11. The minimum absolute atomic E-state index is 0.524. The summed E-state index contributed by atoms with van der Waals surface area (Å²) in [6.45, 7) is 0. The van der Waals surface area contributed by atoms with Crippen molar-refractivity contribution in [3.63, 3.8) is 0 Å². The molecule has 0 amide bonds. The molecule has 70 valence electrons. The fourth-order valence-electron chi connectivity index (χ4n) is 1.73. The highest BCUT2D eigenvalue weighted by molar-refractivity contribution is 5.43. The van der Waals surface area contributed by atoms with Crippen LogP contribution in [-0.2, 0) is 0 Å². The van der Waals surface area contributed by atoms with E-state index in [0.717, 1.165) is 5.82 Å². The fourth-order valence-corrected chi connectivity index (χ4v) is 1.73. The van der Waals surface area contributed by atoms with Gasteiger partial charge in [0, 0.05) is 12.1 Å². The number of hydrogen-bond acceptors (Lipinski definition) is 4. The first-order valence-corrected chi connectivity index (χ1v) is 4.68. The van der Waals surface area contributed by atoms with E-state index in [1.54, 1.807) is 6.07 Å². The van der Waals surface area contributed by atoms with E-state index in [2.05, 4.69) is 15.3 Å². The van der Waals surface area contributed by atoms with Crippen LogP contribution in [0.25, 0.3) is 0 Å². The maximum absolute atomic E-state index is 5.54. The quantitative estimate of drug-likeness (QED) is 0.718.